The minimum atomic E-state index is -4.57. The third-order valence-electron chi connectivity index (χ3n) is 3.78. The number of halogens is 3. The fraction of sp³-hybridized carbons (Fsp3) is 0.118. The predicted octanol–water partition coefficient (Wildman–Crippen LogP) is 4.75. The number of carbonyl (C=O) groups excluding carboxylic acids is 1. The third-order valence-corrected chi connectivity index (χ3v) is 4.71. The normalized spacial score (nSPS) is 12.0. The van der Waals surface area contributed by atoms with E-state index in [4.69, 9.17) is 0 Å². The van der Waals surface area contributed by atoms with E-state index in [1.165, 1.54) is 29.5 Å². The number of H-pyrrole nitrogens is 1. The number of aryl methyl sites for hydroxylation is 1. The average Bonchev–Trinajstić information content (AvgIpc) is 3.16. The number of nitrogens with one attached hydrogen (secondary N) is 2. The van der Waals surface area contributed by atoms with Gasteiger partial charge < -0.3 is 4.98 Å². The lowest BCUT2D eigenvalue weighted by molar-refractivity contribution is -0.144. The fourth-order valence-corrected chi connectivity index (χ4v) is 3.50. The summed E-state index contributed by atoms with van der Waals surface area (Å²) in [7, 11) is 0. The lowest BCUT2D eigenvalue weighted by Gasteiger charge is -2.01. The number of thiazole rings is 1. The van der Waals surface area contributed by atoms with Crippen molar-refractivity contribution in [3.8, 4) is 0 Å². The zero-order valence-corrected chi connectivity index (χ0v) is 14.1. The van der Waals surface area contributed by atoms with Crippen LogP contribution in [0.25, 0.3) is 21.3 Å². The summed E-state index contributed by atoms with van der Waals surface area (Å²) in [6.45, 7) is 1.96. The van der Waals surface area contributed by atoms with Crippen molar-refractivity contribution < 1.29 is 18.0 Å². The number of rotatable bonds is 2. The van der Waals surface area contributed by atoms with Crippen molar-refractivity contribution in [1.82, 2.24) is 15.0 Å². The van der Waals surface area contributed by atoms with Crippen LogP contribution in [0.15, 0.2) is 36.4 Å². The molecule has 0 radical (unpaired) electrons. The Hall–Kier alpha value is -2.94. The van der Waals surface area contributed by atoms with E-state index in [0.717, 1.165) is 15.8 Å². The van der Waals surface area contributed by atoms with Gasteiger partial charge in [-0.25, -0.2) is 9.97 Å². The van der Waals surface area contributed by atoms with E-state index < -0.39 is 17.9 Å². The molecule has 4 rings (SSSR count). The van der Waals surface area contributed by atoms with Gasteiger partial charge in [0.05, 0.1) is 21.3 Å². The second-order valence-electron chi connectivity index (χ2n) is 5.76. The van der Waals surface area contributed by atoms with Crippen LogP contribution in [-0.4, -0.2) is 20.9 Å². The Kier molecular flexibility index (Phi) is 3.69. The van der Waals surface area contributed by atoms with Crippen molar-refractivity contribution in [3.63, 3.8) is 0 Å². The Balaban J connectivity index is 1.62. The van der Waals surface area contributed by atoms with Gasteiger partial charge in [-0.1, -0.05) is 17.4 Å². The Labute approximate surface area is 148 Å². The van der Waals surface area contributed by atoms with Crippen LogP contribution in [-0.2, 0) is 6.18 Å². The molecule has 0 unspecified atom stereocenters. The number of aromatic nitrogens is 3. The molecule has 0 spiro atoms. The summed E-state index contributed by atoms with van der Waals surface area (Å²) in [5.74, 6) is -1.54. The highest BCUT2D eigenvalue weighted by Gasteiger charge is 2.34. The molecule has 0 bridgehead atoms. The molecule has 0 saturated carbocycles. The Morgan fingerprint density at radius 1 is 1.12 bits per heavy atom. The van der Waals surface area contributed by atoms with Crippen molar-refractivity contribution in [1.29, 1.82) is 0 Å². The molecule has 0 fully saturated rings. The predicted molar refractivity (Wildman–Crippen MR) is 93.4 cm³/mol. The zero-order valence-electron chi connectivity index (χ0n) is 13.3. The summed E-state index contributed by atoms with van der Waals surface area (Å²) in [6, 6.07) is 9.90. The molecule has 2 N–H and O–H groups in total. The number of amides is 1. The standard InChI is InChI=1S/C17H11F3N4OS/c1-8-2-4-11-13(6-8)26-16(23-11)24-14(25)9-3-5-10-12(7-9)22-15(21-10)17(18,19)20/h2-7H,1H3,(H,21,22)(H,23,24,25). The summed E-state index contributed by atoms with van der Waals surface area (Å²) < 4.78 is 39.1. The van der Waals surface area contributed by atoms with Gasteiger partial charge in [0.25, 0.3) is 5.91 Å². The van der Waals surface area contributed by atoms with Gasteiger partial charge >= 0.3 is 6.18 Å². The van der Waals surface area contributed by atoms with E-state index in [2.05, 4.69) is 20.3 Å². The fourth-order valence-electron chi connectivity index (χ4n) is 2.54. The van der Waals surface area contributed by atoms with Crippen LogP contribution in [0.3, 0.4) is 0 Å². The first kappa shape index (κ1) is 16.5. The maximum absolute atomic E-state index is 12.7. The van der Waals surface area contributed by atoms with Crippen LogP contribution in [0.5, 0.6) is 0 Å². The molecule has 0 aliphatic heterocycles. The summed E-state index contributed by atoms with van der Waals surface area (Å²) >= 11 is 1.33. The number of hydrogen-bond acceptors (Lipinski definition) is 4. The highest BCUT2D eigenvalue weighted by molar-refractivity contribution is 7.22. The largest absolute Gasteiger partial charge is 0.449 e. The molecule has 9 heteroatoms. The van der Waals surface area contributed by atoms with Crippen LogP contribution in [0.4, 0.5) is 18.3 Å². The molecular weight excluding hydrogens is 365 g/mol. The average molecular weight is 376 g/mol. The number of hydrogen-bond donors (Lipinski definition) is 2. The molecule has 1 amide bonds. The molecule has 0 atom stereocenters. The van der Waals surface area contributed by atoms with Crippen molar-refractivity contribution in [3.05, 3.63) is 53.3 Å². The quantitative estimate of drug-likeness (QED) is 0.530. The summed E-state index contributed by atoms with van der Waals surface area (Å²) in [5.41, 5.74) is 2.36. The third kappa shape index (κ3) is 3.01. The van der Waals surface area contributed by atoms with E-state index in [1.54, 1.807) is 0 Å². The van der Waals surface area contributed by atoms with E-state index >= 15 is 0 Å². The number of benzene rings is 2. The molecule has 2 aromatic heterocycles. The Morgan fingerprint density at radius 2 is 1.88 bits per heavy atom. The summed E-state index contributed by atoms with van der Waals surface area (Å²) in [6.07, 6.45) is -4.57. The summed E-state index contributed by atoms with van der Waals surface area (Å²) in [5, 5.41) is 3.11. The van der Waals surface area contributed by atoms with E-state index in [9.17, 15) is 18.0 Å². The lowest BCUT2D eigenvalue weighted by Crippen LogP contribution is -2.11. The highest BCUT2D eigenvalue weighted by atomic mass is 32.1. The molecule has 4 aromatic rings. The van der Waals surface area contributed by atoms with Crippen LogP contribution in [0.2, 0.25) is 0 Å². The molecule has 2 heterocycles. The Morgan fingerprint density at radius 3 is 2.65 bits per heavy atom. The maximum Gasteiger partial charge on any atom is 0.449 e. The number of carbonyl (C=O) groups is 1. The maximum atomic E-state index is 12.7. The molecule has 0 aliphatic carbocycles. The number of fused-ring (bicyclic) bond motifs is 2. The van der Waals surface area contributed by atoms with Gasteiger partial charge in [-0.3, -0.25) is 10.1 Å². The molecule has 0 aliphatic rings. The van der Waals surface area contributed by atoms with Gasteiger partial charge in [-0.05, 0) is 42.8 Å². The number of aromatic amines is 1. The first-order valence-electron chi connectivity index (χ1n) is 7.55. The minimum absolute atomic E-state index is 0.143. The van der Waals surface area contributed by atoms with Gasteiger partial charge in [0.2, 0.25) is 5.82 Å². The van der Waals surface area contributed by atoms with Crippen molar-refractivity contribution in [2.45, 2.75) is 13.1 Å². The second-order valence-corrected chi connectivity index (χ2v) is 6.79. The molecule has 5 nitrogen and oxygen atoms in total. The minimum Gasteiger partial charge on any atom is -0.334 e. The zero-order chi connectivity index (χ0) is 18.5. The smallest absolute Gasteiger partial charge is 0.334 e. The van der Waals surface area contributed by atoms with Gasteiger partial charge in [-0.15, -0.1) is 0 Å². The van der Waals surface area contributed by atoms with E-state index in [-0.39, 0.29) is 16.6 Å². The molecule has 0 saturated heterocycles. The number of imidazole rings is 1. The van der Waals surface area contributed by atoms with Crippen LogP contribution in [0, 0.1) is 6.92 Å². The van der Waals surface area contributed by atoms with Crippen LogP contribution >= 0.6 is 11.3 Å². The molecule has 132 valence electrons. The lowest BCUT2D eigenvalue weighted by atomic mass is 10.2. The first-order chi connectivity index (χ1) is 12.3. The van der Waals surface area contributed by atoms with Gasteiger partial charge in [0.15, 0.2) is 5.13 Å². The number of anilines is 1. The van der Waals surface area contributed by atoms with Gasteiger partial charge in [0.1, 0.15) is 0 Å². The molecule has 2 aromatic carbocycles. The second kappa shape index (κ2) is 5.80. The van der Waals surface area contributed by atoms with Crippen molar-refractivity contribution >= 4 is 43.6 Å². The van der Waals surface area contributed by atoms with E-state index in [0.29, 0.717) is 5.13 Å². The van der Waals surface area contributed by atoms with Gasteiger partial charge in [-0.2, -0.15) is 13.2 Å². The van der Waals surface area contributed by atoms with Gasteiger partial charge in [0, 0.05) is 5.56 Å². The number of nitrogens with zero attached hydrogens (tertiary/aromatic N) is 2. The van der Waals surface area contributed by atoms with Crippen molar-refractivity contribution in [2.24, 2.45) is 0 Å². The Bertz CT molecular complexity index is 1150. The topological polar surface area (TPSA) is 70.7 Å². The van der Waals surface area contributed by atoms with Crippen LogP contribution < -0.4 is 5.32 Å². The number of alkyl halides is 3. The molecular formula is C17H11F3N4OS. The monoisotopic (exact) mass is 376 g/mol. The highest BCUT2D eigenvalue weighted by Crippen LogP contribution is 2.29. The molecule has 26 heavy (non-hydrogen) atoms. The summed E-state index contributed by atoms with van der Waals surface area (Å²) in [4.78, 5) is 22.4. The van der Waals surface area contributed by atoms with E-state index in [1.807, 2.05) is 25.1 Å². The van der Waals surface area contributed by atoms with Crippen molar-refractivity contribution in [2.75, 3.05) is 5.32 Å². The first-order valence-corrected chi connectivity index (χ1v) is 8.37. The SMILES string of the molecule is Cc1ccc2nc(NC(=O)c3ccc4nc(C(F)(F)F)[nH]c4c3)sc2c1. The van der Waals surface area contributed by atoms with Crippen LogP contribution in [0.1, 0.15) is 21.7 Å².